The van der Waals surface area contributed by atoms with Crippen LogP contribution in [0.15, 0.2) is 36.7 Å². The Hall–Kier alpha value is -2.34. The first-order valence-corrected chi connectivity index (χ1v) is 6.32. The predicted octanol–water partition coefficient (Wildman–Crippen LogP) is 1.68. The van der Waals surface area contributed by atoms with Gasteiger partial charge in [0.2, 0.25) is 5.95 Å². The lowest BCUT2D eigenvalue weighted by Gasteiger charge is -2.08. The molecule has 2 aromatic rings. The fourth-order valence-electron chi connectivity index (χ4n) is 1.53. The van der Waals surface area contributed by atoms with Crippen LogP contribution >= 0.6 is 11.6 Å². The summed E-state index contributed by atoms with van der Waals surface area (Å²) in [7, 11) is 0. The molecule has 1 aromatic carbocycles. The summed E-state index contributed by atoms with van der Waals surface area (Å²) >= 11 is 5.78. The number of aromatic hydroxyl groups is 1. The van der Waals surface area contributed by atoms with E-state index in [9.17, 15) is 9.90 Å². The molecule has 1 amide bonds. The van der Waals surface area contributed by atoms with Gasteiger partial charge in [0, 0.05) is 30.5 Å². The Morgan fingerprint density at radius 2 is 2.00 bits per heavy atom. The molecule has 1 heterocycles. The van der Waals surface area contributed by atoms with E-state index in [4.69, 9.17) is 11.6 Å². The number of nitrogens with zero attached hydrogens (tertiary/aromatic N) is 2. The van der Waals surface area contributed by atoms with Gasteiger partial charge in [0.05, 0.1) is 5.56 Å². The zero-order valence-electron chi connectivity index (χ0n) is 10.5. The van der Waals surface area contributed by atoms with Crippen molar-refractivity contribution >= 4 is 23.5 Å². The second kappa shape index (κ2) is 6.72. The van der Waals surface area contributed by atoms with Gasteiger partial charge in [-0.15, -0.1) is 0 Å². The third kappa shape index (κ3) is 3.83. The molecule has 20 heavy (non-hydrogen) atoms. The zero-order chi connectivity index (χ0) is 14.4. The van der Waals surface area contributed by atoms with Crippen molar-refractivity contribution in [2.45, 2.75) is 0 Å². The Labute approximate surface area is 120 Å². The lowest BCUT2D eigenvalue weighted by atomic mass is 10.2. The maximum absolute atomic E-state index is 11.8. The summed E-state index contributed by atoms with van der Waals surface area (Å²) in [6.45, 7) is 0.833. The summed E-state index contributed by atoms with van der Waals surface area (Å²) in [5.41, 5.74) is 0.147. The molecule has 2 rings (SSSR count). The largest absolute Gasteiger partial charge is 0.507 e. The van der Waals surface area contributed by atoms with Gasteiger partial charge >= 0.3 is 0 Å². The smallest absolute Gasteiger partial charge is 0.255 e. The number of nitrogens with one attached hydrogen (secondary N) is 2. The van der Waals surface area contributed by atoms with Crippen LogP contribution in [0.1, 0.15) is 10.4 Å². The minimum absolute atomic E-state index is 0.105. The van der Waals surface area contributed by atoms with E-state index in [2.05, 4.69) is 20.6 Å². The van der Waals surface area contributed by atoms with Crippen LogP contribution in [-0.4, -0.2) is 34.1 Å². The maximum atomic E-state index is 11.8. The molecule has 104 valence electrons. The Kier molecular flexibility index (Phi) is 4.73. The number of halogens is 1. The zero-order valence-corrected chi connectivity index (χ0v) is 11.3. The van der Waals surface area contributed by atoms with Crippen molar-refractivity contribution in [3.05, 3.63) is 47.2 Å². The molecule has 6 nitrogen and oxygen atoms in total. The molecule has 0 aliphatic rings. The molecular formula is C13H13ClN4O2. The highest BCUT2D eigenvalue weighted by atomic mass is 35.5. The van der Waals surface area contributed by atoms with Crippen LogP contribution in [0.4, 0.5) is 5.95 Å². The molecule has 0 atom stereocenters. The number of rotatable bonds is 5. The molecule has 0 aliphatic heterocycles. The molecule has 0 unspecified atom stereocenters. The maximum Gasteiger partial charge on any atom is 0.255 e. The summed E-state index contributed by atoms with van der Waals surface area (Å²) < 4.78 is 0. The van der Waals surface area contributed by atoms with E-state index in [-0.39, 0.29) is 17.2 Å². The SMILES string of the molecule is O=C(NCCNc1ncccn1)c1cc(Cl)ccc1O. The lowest BCUT2D eigenvalue weighted by molar-refractivity contribution is 0.0952. The molecule has 0 fully saturated rings. The minimum atomic E-state index is -0.388. The Morgan fingerprint density at radius 1 is 1.25 bits per heavy atom. The van der Waals surface area contributed by atoms with Crippen molar-refractivity contribution < 1.29 is 9.90 Å². The molecular weight excluding hydrogens is 280 g/mol. The number of anilines is 1. The van der Waals surface area contributed by atoms with Gasteiger partial charge < -0.3 is 15.7 Å². The first-order chi connectivity index (χ1) is 9.66. The second-order valence-electron chi connectivity index (χ2n) is 3.92. The minimum Gasteiger partial charge on any atom is -0.507 e. The van der Waals surface area contributed by atoms with Gasteiger partial charge in [0.15, 0.2) is 0 Å². The number of benzene rings is 1. The number of phenolic OH excluding ortho intramolecular Hbond substituents is 1. The van der Waals surface area contributed by atoms with Gasteiger partial charge in [-0.1, -0.05) is 11.6 Å². The normalized spacial score (nSPS) is 10.1. The Bertz CT molecular complexity index is 592. The number of phenols is 1. The van der Waals surface area contributed by atoms with Crippen LogP contribution in [0.2, 0.25) is 5.02 Å². The van der Waals surface area contributed by atoms with Crippen LogP contribution in [0.25, 0.3) is 0 Å². The number of carbonyl (C=O) groups excluding carboxylic acids is 1. The van der Waals surface area contributed by atoms with E-state index in [1.165, 1.54) is 18.2 Å². The van der Waals surface area contributed by atoms with E-state index < -0.39 is 0 Å². The quantitative estimate of drug-likeness (QED) is 0.730. The number of carbonyl (C=O) groups is 1. The van der Waals surface area contributed by atoms with Crippen LogP contribution in [0, 0.1) is 0 Å². The molecule has 1 aromatic heterocycles. The highest BCUT2D eigenvalue weighted by molar-refractivity contribution is 6.31. The van der Waals surface area contributed by atoms with Gasteiger partial charge in [0.1, 0.15) is 5.75 Å². The van der Waals surface area contributed by atoms with Crippen LogP contribution in [0.3, 0.4) is 0 Å². The highest BCUT2D eigenvalue weighted by Crippen LogP contribution is 2.21. The van der Waals surface area contributed by atoms with Crippen molar-refractivity contribution in [3.63, 3.8) is 0 Å². The average Bonchev–Trinajstić information content (AvgIpc) is 2.47. The number of hydrogen-bond donors (Lipinski definition) is 3. The van der Waals surface area contributed by atoms with Crippen LogP contribution in [-0.2, 0) is 0 Å². The molecule has 0 bridgehead atoms. The number of amides is 1. The fourth-order valence-corrected chi connectivity index (χ4v) is 1.70. The molecule has 0 radical (unpaired) electrons. The first-order valence-electron chi connectivity index (χ1n) is 5.94. The molecule has 0 spiro atoms. The highest BCUT2D eigenvalue weighted by Gasteiger charge is 2.10. The second-order valence-corrected chi connectivity index (χ2v) is 4.35. The lowest BCUT2D eigenvalue weighted by Crippen LogP contribution is -2.29. The first kappa shape index (κ1) is 14.1. The summed E-state index contributed by atoms with van der Waals surface area (Å²) in [5, 5.41) is 15.6. The standard InChI is InChI=1S/C13H13ClN4O2/c14-9-2-3-11(19)10(8-9)12(20)15-6-7-18-13-16-4-1-5-17-13/h1-5,8,19H,6-7H2,(H,15,20)(H,16,17,18). The summed E-state index contributed by atoms with van der Waals surface area (Å²) in [5.74, 6) is -0.000571. The molecule has 0 aliphatic carbocycles. The number of aromatic nitrogens is 2. The summed E-state index contributed by atoms with van der Waals surface area (Å²) in [4.78, 5) is 19.8. The topological polar surface area (TPSA) is 87.1 Å². The number of hydrogen-bond acceptors (Lipinski definition) is 5. The van der Waals surface area contributed by atoms with E-state index >= 15 is 0 Å². The van der Waals surface area contributed by atoms with Gasteiger partial charge in [0.25, 0.3) is 5.91 Å². The van der Waals surface area contributed by atoms with Crippen molar-refractivity contribution in [1.29, 1.82) is 0 Å². The third-order valence-electron chi connectivity index (χ3n) is 2.46. The van der Waals surface area contributed by atoms with Crippen molar-refractivity contribution in [1.82, 2.24) is 15.3 Å². The summed E-state index contributed by atoms with van der Waals surface area (Å²) in [6.07, 6.45) is 3.25. The van der Waals surface area contributed by atoms with Crippen molar-refractivity contribution in [2.24, 2.45) is 0 Å². The van der Waals surface area contributed by atoms with Gasteiger partial charge in [-0.25, -0.2) is 9.97 Å². The fraction of sp³-hybridized carbons (Fsp3) is 0.154. The van der Waals surface area contributed by atoms with Gasteiger partial charge in [-0.3, -0.25) is 4.79 Å². The molecule has 0 saturated carbocycles. The molecule has 0 saturated heterocycles. The Morgan fingerprint density at radius 3 is 2.75 bits per heavy atom. The molecule has 7 heteroatoms. The Balaban J connectivity index is 1.82. The van der Waals surface area contributed by atoms with E-state index in [0.29, 0.717) is 24.1 Å². The van der Waals surface area contributed by atoms with Gasteiger partial charge in [-0.2, -0.15) is 0 Å². The van der Waals surface area contributed by atoms with Crippen LogP contribution in [0.5, 0.6) is 5.75 Å². The van der Waals surface area contributed by atoms with E-state index in [1.807, 2.05) is 0 Å². The van der Waals surface area contributed by atoms with Crippen molar-refractivity contribution in [2.75, 3.05) is 18.4 Å². The van der Waals surface area contributed by atoms with Crippen LogP contribution < -0.4 is 10.6 Å². The van der Waals surface area contributed by atoms with Crippen molar-refractivity contribution in [3.8, 4) is 5.75 Å². The van der Waals surface area contributed by atoms with E-state index in [1.54, 1.807) is 18.5 Å². The molecule has 3 N–H and O–H groups in total. The van der Waals surface area contributed by atoms with E-state index in [0.717, 1.165) is 0 Å². The summed E-state index contributed by atoms with van der Waals surface area (Å²) in [6, 6.07) is 6.03. The monoisotopic (exact) mass is 292 g/mol. The van der Waals surface area contributed by atoms with Gasteiger partial charge in [-0.05, 0) is 24.3 Å². The third-order valence-corrected chi connectivity index (χ3v) is 2.70. The predicted molar refractivity (Wildman–Crippen MR) is 76.0 cm³/mol. The average molecular weight is 293 g/mol.